The van der Waals surface area contributed by atoms with Crippen LogP contribution in [-0.2, 0) is 4.74 Å². The summed E-state index contributed by atoms with van der Waals surface area (Å²) in [6, 6.07) is 0. The van der Waals surface area contributed by atoms with Gasteiger partial charge in [0.2, 0.25) is 0 Å². The van der Waals surface area contributed by atoms with Gasteiger partial charge < -0.3 is 20.4 Å². The van der Waals surface area contributed by atoms with Crippen molar-refractivity contribution in [3.05, 3.63) is 0 Å². The van der Waals surface area contributed by atoms with Crippen molar-refractivity contribution in [2.45, 2.75) is 26.1 Å². The van der Waals surface area contributed by atoms with Gasteiger partial charge in [-0.25, -0.2) is 0 Å². The predicted octanol–water partition coefficient (Wildman–Crippen LogP) is -3.41. The maximum absolute atomic E-state index is 8.69. The second-order valence-electron chi connectivity index (χ2n) is 2.18. The summed E-state index contributed by atoms with van der Waals surface area (Å²) in [7, 11) is 0. The Labute approximate surface area is 110 Å². The van der Waals surface area contributed by atoms with Crippen LogP contribution in [0.1, 0.15) is 13.8 Å². The second-order valence-corrected chi connectivity index (χ2v) is 2.18. The van der Waals surface area contributed by atoms with E-state index in [1.807, 2.05) is 0 Å². The number of hydrogen-bond acceptors (Lipinski definition) is 4. The Morgan fingerprint density at radius 1 is 1.36 bits per heavy atom. The van der Waals surface area contributed by atoms with Crippen LogP contribution in [0.4, 0.5) is 0 Å². The van der Waals surface area contributed by atoms with Crippen molar-refractivity contribution >= 4 is 0 Å². The third-order valence-electron chi connectivity index (χ3n) is 0.879. The summed E-state index contributed by atoms with van der Waals surface area (Å²) in [5.74, 6) is 0. The molecule has 0 aromatic heterocycles. The second kappa shape index (κ2) is 11.5. The van der Waals surface area contributed by atoms with Gasteiger partial charge in [0.25, 0.3) is 0 Å². The van der Waals surface area contributed by atoms with E-state index in [0.717, 1.165) is 0 Å². The smallest absolute Gasteiger partial charge is 0.870 e. The molecule has 64 valence electrons. The fourth-order valence-corrected chi connectivity index (χ4v) is 0.356. The van der Waals surface area contributed by atoms with Gasteiger partial charge in [0.1, 0.15) is 0 Å². The molecule has 3 N–H and O–H groups in total. The van der Waals surface area contributed by atoms with Gasteiger partial charge in [-0.3, -0.25) is 0 Å². The molecule has 0 radical (unpaired) electrons. The topological polar surface area (TPSA) is 79.7 Å². The number of rotatable bonds is 4. The molecule has 4 nitrogen and oxygen atoms in total. The normalized spacial score (nSPS) is 14.2. The van der Waals surface area contributed by atoms with Crippen LogP contribution >= 0.6 is 0 Å². The molecule has 5 heteroatoms. The molecule has 11 heavy (non-hydrogen) atoms. The molecule has 0 saturated heterocycles. The first-order valence-corrected chi connectivity index (χ1v) is 3.07. The largest absolute Gasteiger partial charge is 1.00 e. The summed E-state index contributed by atoms with van der Waals surface area (Å²) >= 11 is 0. The molecule has 0 aromatic rings. The molecule has 0 rings (SSSR count). The maximum atomic E-state index is 8.69. The summed E-state index contributed by atoms with van der Waals surface area (Å²) in [6.07, 6.45) is -0.612. The predicted molar refractivity (Wildman–Crippen MR) is 36.1 cm³/mol. The molecular formula is C6H15KO4. The summed E-state index contributed by atoms with van der Waals surface area (Å²) in [5, 5.41) is 17.1. The third-order valence-corrected chi connectivity index (χ3v) is 0.879. The SMILES string of the molecule is CC(O)COC(C)CO.[K+].[OH-]. The zero-order valence-corrected chi connectivity index (χ0v) is 10.4. The van der Waals surface area contributed by atoms with Crippen molar-refractivity contribution in [1.82, 2.24) is 0 Å². The van der Waals surface area contributed by atoms with Crippen LogP contribution in [0.25, 0.3) is 0 Å². The van der Waals surface area contributed by atoms with Gasteiger partial charge in [0.15, 0.2) is 0 Å². The quantitative estimate of drug-likeness (QED) is 0.453. The van der Waals surface area contributed by atoms with Crippen molar-refractivity contribution in [1.29, 1.82) is 0 Å². The van der Waals surface area contributed by atoms with Crippen LogP contribution in [-0.4, -0.2) is 41.1 Å². The maximum Gasteiger partial charge on any atom is 1.00 e. The molecule has 0 aliphatic rings. The van der Waals surface area contributed by atoms with E-state index in [1.54, 1.807) is 13.8 Å². The Morgan fingerprint density at radius 2 is 1.82 bits per heavy atom. The monoisotopic (exact) mass is 190 g/mol. The standard InChI is InChI=1S/C6H14O3.K.H2O/c1-5(8)4-9-6(2)3-7;;/h5-8H,3-4H2,1-2H3;;1H2/q;+1;/p-1. The van der Waals surface area contributed by atoms with E-state index < -0.39 is 6.10 Å². The van der Waals surface area contributed by atoms with Crippen LogP contribution in [0.15, 0.2) is 0 Å². The summed E-state index contributed by atoms with van der Waals surface area (Å²) < 4.78 is 4.95. The van der Waals surface area contributed by atoms with Crippen LogP contribution in [0, 0.1) is 0 Å². The van der Waals surface area contributed by atoms with Gasteiger partial charge in [-0.1, -0.05) is 0 Å². The van der Waals surface area contributed by atoms with Crippen molar-refractivity contribution in [3.63, 3.8) is 0 Å². The van der Waals surface area contributed by atoms with Gasteiger partial charge in [0.05, 0.1) is 25.4 Å². The minimum Gasteiger partial charge on any atom is -0.870 e. The van der Waals surface area contributed by atoms with E-state index in [0.29, 0.717) is 6.61 Å². The van der Waals surface area contributed by atoms with Gasteiger partial charge in [0, 0.05) is 0 Å². The fraction of sp³-hybridized carbons (Fsp3) is 1.00. The van der Waals surface area contributed by atoms with Crippen molar-refractivity contribution in [2.75, 3.05) is 13.2 Å². The fourth-order valence-electron chi connectivity index (χ4n) is 0.356. The molecule has 0 aliphatic heterocycles. The Kier molecular flexibility index (Phi) is 19.1. The van der Waals surface area contributed by atoms with Gasteiger partial charge in [-0.15, -0.1) is 0 Å². The van der Waals surface area contributed by atoms with Crippen molar-refractivity contribution in [3.8, 4) is 0 Å². The molecule has 0 amide bonds. The van der Waals surface area contributed by atoms with E-state index in [2.05, 4.69) is 0 Å². The first kappa shape index (κ1) is 18.3. The Hall–Kier alpha value is 1.48. The molecule has 0 fully saturated rings. The van der Waals surface area contributed by atoms with Gasteiger partial charge >= 0.3 is 51.4 Å². The van der Waals surface area contributed by atoms with Crippen molar-refractivity contribution < 1.29 is 71.8 Å². The summed E-state index contributed by atoms with van der Waals surface area (Å²) in [5.41, 5.74) is 0. The molecule has 2 atom stereocenters. The van der Waals surface area contributed by atoms with E-state index in [9.17, 15) is 0 Å². The van der Waals surface area contributed by atoms with Crippen LogP contribution < -0.4 is 51.4 Å². The van der Waals surface area contributed by atoms with Crippen molar-refractivity contribution in [2.24, 2.45) is 0 Å². The molecule has 0 spiro atoms. The molecule has 2 unspecified atom stereocenters. The summed E-state index contributed by atoms with van der Waals surface area (Å²) in [6.45, 7) is 3.70. The number of aliphatic hydroxyl groups excluding tert-OH is 2. The zero-order valence-electron chi connectivity index (χ0n) is 7.32. The molecule has 0 aromatic carbocycles. The number of aliphatic hydroxyl groups is 2. The van der Waals surface area contributed by atoms with E-state index in [1.165, 1.54) is 0 Å². The molecule has 0 aliphatic carbocycles. The molecular weight excluding hydrogens is 175 g/mol. The first-order chi connectivity index (χ1) is 4.16. The van der Waals surface area contributed by atoms with E-state index in [-0.39, 0.29) is 69.6 Å². The zero-order chi connectivity index (χ0) is 7.28. The number of ether oxygens (including phenoxy) is 1. The van der Waals surface area contributed by atoms with Gasteiger partial charge in [-0.2, -0.15) is 0 Å². The van der Waals surface area contributed by atoms with Crippen LogP contribution in [0.2, 0.25) is 0 Å². The van der Waals surface area contributed by atoms with Crippen LogP contribution in [0.3, 0.4) is 0 Å². The van der Waals surface area contributed by atoms with Crippen LogP contribution in [0.5, 0.6) is 0 Å². The Bertz CT molecular complexity index is 69.6. The Balaban J connectivity index is -0.000000320. The average molecular weight is 190 g/mol. The third kappa shape index (κ3) is 14.3. The average Bonchev–Trinajstić information content (AvgIpc) is 1.83. The minimum absolute atomic E-state index is 0. The molecule has 0 heterocycles. The Morgan fingerprint density at radius 3 is 2.09 bits per heavy atom. The number of hydrogen-bond donors (Lipinski definition) is 2. The van der Waals surface area contributed by atoms with E-state index in [4.69, 9.17) is 14.9 Å². The minimum atomic E-state index is -0.445. The van der Waals surface area contributed by atoms with Gasteiger partial charge in [-0.05, 0) is 13.8 Å². The summed E-state index contributed by atoms with van der Waals surface area (Å²) in [4.78, 5) is 0. The first-order valence-electron chi connectivity index (χ1n) is 3.07. The van der Waals surface area contributed by atoms with E-state index >= 15 is 0 Å². The molecule has 0 saturated carbocycles. The molecule has 0 bridgehead atoms.